The molecular formula is C17H17ClN2O3S. The van der Waals surface area contributed by atoms with Crippen molar-refractivity contribution in [2.75, 3.05) is 6.54 Å². The van der Waals surface area contributed by atoms with E-state index in [1.54, 1.807) is 11.3 Å². The number of hydrogen-bond acceptors (Lipinski definition) is 4. The summed E-state index contributed by atoms with van der Waals surface area (Å²) in [6, 6.07) is 6.13. The van der Waals surface area contributed by atoms with E-state index >= 15 is 0 Å². The van der Waals surface area contributed by atoms with Gasteiger partial charge in [-0.3, -0.25) is 14.9 Å². The van der Waals surface area contributed by atoms with Crippen LogP contribution in [0.15, 0.2) is 35.0 Å². The molecule has 1 aromatic heterocycles. The molecule has 7 heteroatoms. The van der Waals surface area contributed by atoms with Crippen molar-refractivity contribution in [3.8, 4) is 0 Å². The highest BCUT2D eigenvalue weighted by molar-refractivity contribution is 7.08. The van der Waals surface area contributed by atoms with E-state index in [1.807, 2.05) is 5.38 Å². The molecule has 0 saturated heterocycles. The quantitative estimate of drug-likeness (QED) is 0.624. The van der Waals surface area contributed by atoms with Crippen LogP contribution in [0.25, 0.3) is 0 Å². The van der Waals surface area contributed by atoms with Crippen LogP contribution in [0.4, 0.5) is 5.69 Å². The number of nitrogens with zero attached hydrogens (tertiary/aromatic N) is 1. The van der Waals surface area contributed by atoms with Gasteiger partial charge < -0.3 is 5.32 Å². The monoisotopic (exact) mass is 364 g/mol. The fraction of sp³-hybridized carbons (Fsp3) is 0.353. The number of amides is 1. The maximum atomic E-state index is 12.5. The Labute approximate surface area is 148 Å². The topological polar surface area (TPSA) is 72.2 Å². The molecule has 1 fully saturated rings. The lowest BCUT2D eigenvalue weighted by Crippen LogP contribution is -2.39. The Morgan fingerprint density at radius 2 is 2.08 bits per heavy atom. The Balaban J connectivity index is 1.80. The van der Waals surface area contributed by atoms with Gasteiger partial charge in [-0.15, -0.1) is 0 Å². The average molecular weight is 365 g/mol. The molecule has 0 bridgehead atoms. The molecule has 1 amide bonds. The molecule has 1 heterocycles. The van der Waals surface area contributed by atoms with Gasteiger partial charge in [0, 0.05) is 23.0 Å². The summed E-state index contributed by atoms with van der Waals surface area (Å²) in [6.07, 6.45) is 4.29. The molecule has 0 unspecified atom stereocenters. The summed E-state index contributed by atoms with van der Waals surface area (Å²) in [6.45, 7) is 0.478. The predicted molar refractivity (Wildman–Crippen MR) is 94.9 cm³/mol. The van der Waals surface area contributed by atoms with Crippen molar-refractivity contribution in [2.45, 2.75) is 31.1 Å². The van der Waals surface area contributed by atoms with Gasteiger partial charge >= 0.3 is 0 Å². The number of hydrogen-bond donors (Lipinski definition) is 1. The normalized spacial score (nSPS) is 16.0. The second kappa shape index (κ2) is 6.91. The molecule has 24 heavy (non-hydrogen) atoms. The van der Waals surface area contributed by atoms with Crippen molar-refractivity contribution in [2.24, 2.45) is 0 Å². The molecule has 1 aliphatic rings. The molecular weight excluding hydrogens is 348 g/mol. The van der Waals surface area contributed by atoms with Gasteiger partial charge in [0.25, 0.3) is 11.6 Å². The van der Waals surface area contributed by atoms with Crippen LogP contribution >= 0.6 is 22.9 Å². The van der Waals surface area contributed by atoms with Crippen LogP contribution in [-0.4, -0.2) is 17.4 Å². The summed E-state index contributed by atoms with van der Waals surface area (Å²) < 4.78 is 0. The van der Waals surface area contributed by atoms with E-state index < -0.39 is 10.8 Å². The molecule has 0 spiro atoms. The van der Waals surface area contributed by atoms with E-state index in [4.69, 9.17) is 11.6 Å². The first-order valence-electron chi connectivity index (χ1n) is 7.77. The average Bonchev–Trinajstić information content (AvgIpc) is 3.24. The number of carbonyl (C=O) groups excluding carboxylic acids is 1. The zero-order valence-electron chi connectivity index (χ0n) is 13.0. The smallest absolute Gasteiger partial charge is 0.282 e. The number of thiophene rings is 1. The van der Waals surface area contributed by atoms with Crippen LogP contribution in [0.1, 0.15) is 41.6 Å². The van der Waals surface area contributed by atoms with Gasteiger partial charge in [-0.05, 0) is 47.4 Å². The van der Waals surface area contributed by atoms with Gasteiger partial charge in [0.1, 0.15) is 5.56 Å². The molecule has 2 aromatic rings. The Morgan fingerprint density at radius 3 is 2.71 bits per heavy atom. The van der Waals surface area contributed by atoms with Gasteiger partial charge in [-0.1, -0.05) is 24.4 Å². The van der Waals surface area contributed by atoms with E-state index in [0.717, 1.165) is 25.7 Å². The lowest BCUT2D eigenvalue weighted by atomic mass is 9.80. The largest absolute Gasteiger partial charge is 0.351 e. The van der Waals surface area contributed by atoms with Crippen molar-refractivity contribution in [3.05, 3.63) is 61.3 Å². The fourth-order valence-electron chi connectivity index (χ4n) is 3.38. The van der Waals surface area contributed by atoms with Crippen LogP contribution < -0.4 is 5.32 Å². The van der Waals surface area contributed by atoms with Gasteiger partial charge in [0.2, 0.25) is 0 Å². The van der Waals surface area contributed by atoms with Crippen LogP contribution in [-0.2, 0) is 5.41 Å². The van der Waals surface area contributed by atoms with Gasteiger partial charge in [-0.25, -0.2) is 0 Å². The summed E-state index contributed by atoms with van der Waals surface area (Å²) in [5, 5.41) is 18.5. The summed E-state index contributed by atoms with van der Waals surface area (Å²) in [7, 11) is 0. The highest BCUT2D eigenvalue weighted by Gasteiger charge is 2.36. The minimum Gasteiger partial charge on any atom is -0.351 e. The zero-order chi connectivity index (χ0) is 17.2. The molecule has 5 nitrogen and oxygen atoms in total. The Morgan fingerprint density at radius 1 is 1.33 bits per heavy atom. The standard InChI is InChI=1S/C17H17ClN2O3S/c18-13-3-4-15(20(22)23)14(9-13)16(21)19-11-17(6-1-2-7-17)12-5-8-24-10-12/h3-5,8-10H,1-2,6-7,11H2,(H,19,21). The first-order chi connectivity index (χ1) is 11.5. The van der Waals surface area contributed by atoms with Crippen LogP contribution in [0.3, 0.4) is 0 Å². The number of halogens is 1. The van der Waals surface area contributed by atoms with E-state index in [0.29, 0.717) is 11.6 Å². The minimum absolute atomic E-state index is 0.00552. The molecule has 1 aliphatic carbocycles. The molecule has 0 atom stereocenters. The van der Waals surface area contributed by atoms with Crippen molar-refractivity contribution in [1.82, 2.24) is 5.32 Å². The zero-order valence-corrected chi connectivity index (χ0v) is 14.5. The van der Waals surface area contributed by atoms with Crippen LogP contribution in [0.5, 0.6) is 0 Å². The van der Waals surface area contributed by atoms with Gasteiger partial charge in [0.15, 0.2) is 0 Å². The second-order valence-electron chi connectivity index (χ2n) is 6.10. The Hall–Kier alpha value is -1.92. The Kier molecular flexibility index (Phi) is 4.87. The maximum Gasteiger partial charge on any atom is 0.282 e. The third kappa shape index (κ3) is 3.30. The summed E-state index contributed by atoms with van der Waals surface area (Å²) in [5.74, 6) is -0.453. The Bertz CT molecular complexity index is 755. The molecule has 126 valence electrons. The molecule has 1 saturated carbocycles. The lowest BCUT2D eigenvalue weighted by molar-refractivity contribution is -0.385. The van der Waals surface area contributed by atoms with Crippen LogP contribution in [0.2, 0.25) is 5.02 Å². The maximum absolute atomic E-state index is 12.5. The molecule has 1 N–H and O–H groups in total. The first kappa shape index (κ1) is 16.9. The number of nitro benzene ring substituents is 1. The second-order valence-corrected chi connectivity index (χ2v) is 7.32. The highest BCUT2D eigenvalue weighted by atomic mass is 35.5. The van der Waals surface area contributed by atoms with E-state index in [9.17, 15) is 14.9 Å². The number of carbonyl (C=O) groups is 1. The molecule has 1 aromatic carbocycles. The van der Waals surface area contributed by atoms with E-state index in [2.05, 4.69) is 16.8 Å². The minimum atomic E-state index is -0.560. The highest BCUT2D eigenvalue weighted by Crippen LogP contribution is 2.41. The van der Waals surface area contributed by atoms with Crippen molar-refractivity contribution >= 4 is 34.5 Å². The van der Waals surface area contributed by atoms with Gasteiger partial charge in [-0.2, -0.15) is 11.3 Å². The van der Waals surface area contributed by atoms with Crippen molar-refractivity contribution in [3.63, 3.8) is 0 Å². The third-order valence-corrected chi connectivity index (χ3v) is 5.60. The third-order valence-electron chi connectivity index (χ3n) is 4.68. The van der Waals surface area contributed by atoms with E-state index in [1.165, 1.54) is 23.8 Å². The van der Waals surface area contributed by atoms with Crippen LogP contribution in [0, 0.1) is 10.1 Å². The SMILES string of the molecule is O=C(NCC1(c2ccsc2)CCCC1)c1cc(Cl)ccc1[N+](=O)[O-]. The van der Waals surface area contributed by atoms with E-state index in [-0.39, 0.29) is 16.7 Å². The lowest BCUT2D eigenvalue weighted by Gasteiger charge is -2.28. The fourth-order valence-corrected chi connectivity index (χ4v) is 4.33. The molecule has 0 radical (unpaired) electrons. The number of rotatable bonds is 5. The number of nitrogens with one attached hydrogen (secondary N) is 1. The summed E-state index contributed by atoms with van der Waals surface area (Å²) >= 11 is 7.54. The van der Waals surface area contributed by atoms with Crippen molar-refractivity contribution in [1.29, 1.82) is 0 Å². The number of nitro groups is 1. The number of benzene rings is 1. The van der Waals surface area contributed by atoms with Crippen molar-refractivity contribution < 1.29 is 9.72 Å². The van der Waals surface area contributed by atoms with Gasteiger partial charge in [0.05, 0.1) is 4.92 Å². The molecule has 3 rings (SSSR count). The summed E-state index contributed by atoms with van der Waals surface area (Å²) in [4.78, 5) is 23.1. The molecule has 0 aliphatic heterocycles. The summed E-state index contributed by atoms with van der Waals surface area (Å²) in [5.41, 5.74) is 0.952. The first-order valence-corrected chi connectivity index (χ1v) is 9.09. The predicted octanol–water partition coefficient (Wildman–Crippen LogP) is 4.55.